The van der Waals surface area contributed by atoms with Crippen molar-refractivity contribution < 1.29 is 9.90 Å². The van der Waals surface area contributed by atoms with Gasteiger partial charge in [0.25, 0.3) is 0 Å². The molecule has 2 rings (SSSR count). The molecule has 1 aromatic carbocycles. The highest BCUT2D eigenvalue weighted by molar-refractivity contribution is 5.90. The number of rotatable bonds is 7. The molecule has 2 amide bonds. The number of nitrogens with zero attached hydrogens (tertiary/aromatic N) is 3. The molecule has 1 heterocycles. The first-order valence-electron chi connectivity index (χ1n) is 8.40. The number of pyridine rings is 1. The van der Waals surface area contributed by atoms with E-state index < -0.39 is 0 Å². The van der Waals surface area contributed by atoms with Gasteiger partial charge in [-0.2, -0.15) is 0 Å². The first-order valence-corrected chi connectivity index (χ1v) is 8.40. The van der Waals surface area contributed by atoms with E-state index in [1.54, 1.807) is 17.3 Å². The lowest BCUT2D eigenvalue weighted by Crippen LogP contribution is -2.44. The predicted octanol–water partition coefficient (Wildman–Crippen LogP) is 2.95. The lowest BCUT2D eigenvalue weighted by molar-refractivity contribution is 0.134. The van der Waals surface area contributed by atoms with Gasteiger partial charge in [0.15, 0.2) is 0 Å². The lowest BCUT2D eigenvalue weighted by Gasteiger charge is -2.30. The minimum Gasteiger partial charge on any atom is -0.394 e. The lowest BCUT2D eigenvalue weighted by atomic mass is 10.1. The smallest absolute Gasteiger partial charge is 0.322 e. The summed E-state index contributed by atoms with van der Waals surface area (Å²) >= 11 is 0. The summed E-state index contributed by atoms with van der Waals surface area (Å²) in [7, 11) is 3.91. The Kier molecular flexibility index (Phi) is 6.77. The van der Waals surface area contributed by atoms with E-state index in [0.29, 0.717) is 13.0 Å². The number of aliphatic hydroxyl groups excluding tert-OH is 1. The zero-order valence-electron chi connectivity index (χ0n) is 15.0. The molecule has 0 fully saturated rings. The van der Waals surface area contributed by atoms with E-state index >= 15 is 0 Å². The molecule has 0 aliphatic heterocycles. The zero-order chi connectivity index (χ0) is 18.2. The second-order valence-electron chi connectivity index (χ2n) is 6.10. The number of aliphatic hydroxyl groups is 1. The first kappa shape index (κ1) is 18.7. The Morgan fingerprint density at radius 3 is 2.56 bits per heavy atom. The topological polar surface area (TPSA) is 68.7 Å². The van der Waals surface area contributed by atoms with Crippen LogP contribution in [0.5, 0.6) is 0 Å². The largest absolute Gasteiger partial charge is 0.394 e. The SMILES string of the molecule is CCC(CO)N(Cc1ccncc1)C(=O)Nc1cccc(N(C)C)c1. The predicted molar refractivity (Wildman–Crippen MR) is 101 cm³/mol. The molecule has 1 unspecified atom stereocenters. The Bertz CT molecular complexity index is 672. The maximum absolute atomic E-state index is 12.8. The van der Waals surface area contributed by atoms with Crippen LogP contribution in [0.4, 0.5) is 16.2 Å². The molecule has 0 radical (unpaired) electrons. The number of benzene rings is 1. The van der Waals surface area contributed by atoms with Crippen molar-refractivity contribution in [3.05, 3.63) is 54.4 Å². The van der Waals surface area contributed by atoms with Crippen LogP contribution in [0.15, 0.2) is 48.8 Å². The van der Waals surface area contributed by atoms with Gasteiger partial charge in [-0.15, -0.1) is 0 Å². The summed E-state index contributed by atoms with van der Waals surface area (Å²) in [5.74, 6) is 0. The zero-order valence-corrected chi connectivity index (χ0v) is 15.0. The van der Waals surface area contributed by atoms with Gasteiger partial charge in [-0.3, -0.25) is 4.98 Å². The van der Waals surface area contributed by atoms with Crippen molar-refractivity contribution in [3.63, 3.8) is 0 Å². The molecule has 0 bridgehead atoms. The number of carbonyl (C=O) groups excluding carboxylic acids is 1. The molecule has 134 valence electrons. The number of nitrogens with one attached hydrogen (secondary N) is 1. The number of urea groups is 1. The second-order valence-corrected chi connectivity index (χ2v) is 6.10. The standard InChI is InChI=1S/C19H26N4O2/c1-4-17(14-24)23(13-15-8-10-20-11-9-15)19(25)21-16-6-5-7-18(12-16)22(2)3/h5-12,17,24H,4,13-14H2,1-3H3,(H,21,25). The van der Waals surface area contributed by atoms with Crippen LogP contribution in [0.1, 0.15) is 18.9 Å². The number of carbonyl (C=O) groups is 1. The number of aromatic nitrogens is 1. The molecular weight excluding hydrogens is 316 g/mol. The molecule has 0 saturated heterocycles. The molecule has 1 aromatic heterocycles. The quantitative estimate of drug-likeness (QED) is 0.812. The monoisotopic (exact) mass is 342 g/mol. The third kappa shape index (κ3) is 5.19. The first-order chi connectivity index (χ1) is 12.0. The maximum atomic E-state index is 12.8. The normalized spacial score (nSPS) is 11.7. The van der Waals surface area contributed by atoms with Crippen LogP contribution < -0.4 is 10.2 Å². The van der Waals surface area contributed by atoms with Gasteiger partial charge in [-0.05, 0) is 42.3 Å². The molecule has 1 atom stereocenters. The van der Waals surface area contributed by atoms with Gasteiger partial charge in [0.05, 0.1) is 12.6 Å². The average Bonchev–Trinajstić information content (AvgIpc) is 2.63. The minimum atomic E-state index is -0.245. The Morgan fingerprint density at radius 1 is 1.24 bits per heavy atom. The summed E-state index contributed by atoms with van der Waals surface area (Å²) < 4.78 is 0. The Hall–Kier alpha value is -2.60. The fourth-order valence-corrected chi connectivity index (χ4v) is 2.56. The van der Waals surface area contributed by atoms with Gasteiger partial charge in [-0.25, -0.2) is 4.79 Å². The summed E-state index contributed by atoms with van der Waals surface area (Å²) in [6.07, 6.45) is 4.07. The third-order valence-corrected chi connectivity index (χ3v) is 4.10. The van der Waals surface area contributed by atoms with Gasteiger partial charge in [-0.1, -0.05) is 13.0 Å². The third-order valence-electron chi connectivity index (χ3n) is 4.10. The van der Waals surface area contributed by atoms with E-state index in [1.165, 1.54) is 0 Å². The molecule has 0 spiro atoms. The summed E-state index contributed by atoms with van der Waals surface area (Å²) in [6, 6.07) is 10.9. The Morgan fingerprint density at radius 2 is 1.96 bits per heavy atom. The number of amides is 2. The van der Waals surface area contributed by atoms with Crippen molar-refractivity contribution in [1.29, 1.82) is 0 Å². The van der Waals surface area contributed by atoms with Gasteiger partial charge in [0.1, 0.15) is 0 Å². The van der Waals surface area contributed by atoms with Crippen molar-refractivity contribution in [3.8, 4) is 0 Å². The fraction of sp³-hybridized carbons (Fsp3) is 0.368. The summed E-state index contributed by atoms with van der Waals surface area (Å²) in [4.78, 5) is 20.5. The highest BCUT2D eigenvalue weighted by Crippen LogP contribution is 2.19. The summed E-state index contributed by atoms with van der Waals surface area (Å²) in [5, 5.41) is 12.6. The van der Waals surface area contributed by atoms with Crippen molar-refractivity contribution in [1.82, 2.24) is 9.88 Å². The fourth-order valence-electron chi connectivity index (χ4n) is 2.56. The molecule has 0 aliphatic carbocycles. The van der Waals surface area contributed by atoms with E-state index in [1.807, 2.05) is 62.3 Å². The summed E-state index contributed by atoms with van der Waals surface area (Å²) in [5.41, 5.74) is 2.70. The van der Waals surface area contributed by atoms with E-state index in [0.717, 1.165) is 16.9 Å². The van der Waals surface area contributed by atoms with Crippen molar-refractivity contribution in [2.24, 2.45) is 0 Å². The van der Waals surface area contributed by atoms with Crippen LogP contribution in [0.2, 0.25) is 0 Å². The van der Waals surface area contributed by atoms with Crippen molar-refractivity contribution in [2.75, 3.05) is 30.9 Å². The molecular formula is C19H26N4O2. The van der Waals surface area contributed by atoms with E-state index in [2.05, 4.69) is 10.3 Å². The van der Waals surface area contributed by atoms with E-state index in [9.17, 15) is 9.90 Å². The average molecular weight is 342 g/mol. The van der Waals surface area contributed by atoms with Crippen molar-refractivity contribution >= 4 is 17.4 Å². The molecule has 6 nitrogen and oxygen atoms in total. The van der Waals surface area contributed by atoms with E-state index in [-0.39, 0.29) is 18.7 Å². The van der Waals surface area contributed by atoms with Crippen LogP contribution in [0.25, 0.3) is 0 Å². The number of anilines is 2. The van der Waals surface area contributed by atoms with Crippen LogP contribution in [0.3, 0.4) is 0 Å². The van der Waals surface area contributed by atoms with Crippen LogP contribution in [-0.4, -0.2) is 47.8 Å². The Labute approximate surface area is 149 Å². The van der Waals surface area contributed by atoms with Gasteiger partial charge in [0, 0.05) is 44.4 Å². The highest BCUT2D eigenvalue weighted by Gasteiger charge is 2.22. The number of hydrogen-bond acceptors (Lipinski definition) is 4. The van der Waals surface area contributed by atoms with Crippen molar-refractivity contribution in [2.45, 2.75) is 25.9 Å². The maximum Gasteiger partial charge on any atom is 0.322 e. The van der Waals surface area contributed by atoms with Gasteiger partial charge in [0.2, 0.25) is 0 Å². The molecule has 6 heteroatoms. The molecule has 0 saturated carbocycles. The molecule has 2 aromatic rings. The van der Waals surface area contributed by atoms with Gasteiger partial charge >= 0.3 is 6.03 Å². The van der Waals surface area contributed by atoms with Gasteiger partial charge < -0.3 is 20.2 Å². The molecule has 25 heavy (non-hydrogen) atoms. The van der Waals surface area contributed by atoms with Crippen LogP contribution in [0, 0.1) is 0 Å². The Balaban J connectivity index is 2.18. The molecule has 0 aliphatic rings. The second kappa shape index (κ2) is 9.03. The summed E-state index contributed by atoms with van der Waals surface area (Å²) in [6.45, 7) is 2.30. The highest BCUT2D eigenvalue weighted by atomic mass is 16.3. The number of hydrogen-bond donors (Lipinski definition) is 2. The van der Waals surface area contributed by atoms with Crippen LogP contribution in [-0.2, 0) is 6.54 Å². The minimum absolute atomic E-state index is 0.0766. The van der Waals surface area contributed by atoms with E-state index in [4.69, 9.17) is 0 Å². The molecule has 2 N–H and O–H groups in total. The van der Waals surface area contributed by atoms with Crippen LogP contribution >= 0.6 is 0 Å².